The van der Waals surface area contributed by atoms with Gasteiger partial charge in [0.15, 0.2) is 57.5 Å². The SMILES string of the molecule is CC(C)(C)c1ccc(CN(Cc2ccc3c(c2)OCO3)Cc2nc(C(=O)N3CCC4(CCCO4)CC3)cs2)cc1.COc1ccc(CCN(C)C(=O)c2csc(CN(Cc3cccc(C(F)(F)F)c3)Cc3ccc4c(c3)OCO4)n2)cc1OC.COc1ccc(CCNC(=O)c2csc(CN(Cc3cccc(C(F)(F)F)c3)Cc3ccc4c(c3)OCO4)n2)cc1OC. The van der Waals surface area contributed by atoms with Gasteiger partial charge in [0.1, 0.15) is 32.1 Å². The summed E-state index contributed by atoms with van der Waals surface area (Å²) in [5.74, 6) is 6.15. The molecule has 0 saturated carbocycles. The van der Waals surface area contributed by atoms with Crippen LogP contribution >= 0.6 is 34.0 Å². The number of methoxy groups -OCH3 is 4. The van der Waals surface area contributed by atoms with Crippen molar-refractivity contribution >= 4 is 51.7 Å². The van der Waals surface area contributed by atoms with Gasteiger partial charge < -0.3 is 67.2 Å². The smallest absolute Gasteiger partial charge is 0.416 e. The number of amides is 3. The number of halogens is 6. The summed E-state index contributed by atoms with van der Waals surface area (Å²) < 4.78 is 140. The van der Waals surface area contributed by atoms with E-state index in [9.17, 15) is 40.7 Å². The van der Waals surface area contributed by atoms with Gasteiger partial charge in [-0.25, -0.2) is 15.0 Å². The number of likely N-dealkylation sites (tertiary alicyclic amines) is 1. The van der Waals surface area contributed by atoms with Gasteiger partial charge in [0.2, 0.25) is 20.4 Å². The van der Waals surface area contributed by atoms with Crippen LogP contribution in [0.3, 0.4) is 0 Å². The van der Waals surface area contributed by atoms with Crippen LogP contribution in [0.5, 0.6) is 57.5 Å². The number of carbonyl (C=O) groups excluding carboxylic acids is 3. The zero-order chi connectivity index (χ0) is 89.4. The fourth-order valence-corrected chi connectivity index (χ4v) is 17.9. The van der Waals surface area contributed by atoms with Gasteiger partial charge in [-0.05, 0) is 167 Å². The molecule has 0 bridgehead atoms. The third-order valence-electron chi connectivity index (χ3n) is 22.3. The minimum Gasteiger partial charge on any atom is -0.493 e. The molecule has 5 aliphatic rings. The number of likely N-dealkylation sites (N-methyl/N-ethyl adjacent to an activating group) is 1. The highest BCUT2D eigenvalue weighted by atomic mass is 32.1. The van der Waals surface area contributed by atoms with E-state index in [1.807, 2.05) is 98.9 Å². The molecule has 0 radical (unpaired) electrons. The summed E-state index contributed by atoms with van der Waals surface area (Å²) in [7, 11) is 8.02. The van der Waals surface area contributed by atoms with E-state index >= 15 is 0 Å². The maximum atomic E-state index is 13.4. The van der Waals surface area contributed by atoms with Crippen molar-refractivity contribution in [1.29, 1.82) is 0 Å². The van der Waals surface area contributed by atoms with Gasteiger partial charge in [0.25, 0.3) is 17.7 Å². The molecule has 8 heterocycles. The Hall–Kier alpha value is -11.5. The molecule has 0 unspecified atom stereocenters. The molecule has 1 N–H and O–H groups in total. The molecule has 670 valence electrons. The summed E-state index contributed by atoms with van der Waals surface area (Å²) in [6.45, 7) is 14.6. The third kappa shape index (κ3) is 24.6. The molecule has 2 saturated heterocycles. The van der Waals surface area contributed by atoms with E-state index in [1.165, 1.54) is 45.9 Å². The van der Waals surface area contributed by atoms with E-state index in [-0.39, 0.29) is 67.9 Å². The van der Waals surface area contributed by atoms with Gasteiger partial charge in [-0.15, -0.1) is 34.0 Å². The van der Waals surface area contributed by atoms with Crippen LogP contribution in [-0.2, 0) is 94.2 Å². The number of piperidine rings is 1. The van der Waals surface area contributed by atoms with E-state index in [0.29, 0.717) is 137 Å². The maximum Gasteiger partial charge on any atom is 0.416 e. The van der Waals surface area contributed by atoms with Gasteiger partial charge in [-0.3, -0.25) is 29.1 Å². The van der Waals surface area contributed by atoms with Crippen molar-refractivity contribution in [3.8, 4) is 57.5 Å². The number of aromatic nitrogens is 3. The summed E-state index contributed by atoms with van der Waals surface area (Å²) in [6, 6.07) is 48.0. The summed E-state index contributed by atoms with van der Waals surface area (Å²) in [5.41, 5.74) is 8.43. The van der Waals surface area contributed by atoms with Crippen LogP contribution in [0.1, 0.15) is 154 Å². The normalized spacial score (nSPS) is 14.2. The number of alkyl halides is 6. The minimum absolute atomic E-state index is 0.00429. The average molecular weight is 1800 g/mol. The van der Waals surface area contributed by atoms with Gasteiger partial charge >= 0.3 is 12.4 Å². The number of hydrogen-bond acceptors (Lipinski definition) is 23. The number of rotatable bonds is 31. The first-order chi connectivity index (χ1) is 61.1. The van der Waals surface area contributed by atoms with Crippen LogP contribution in [0.25, 0.3) is 0 Å². The molecule has 23 nitrogen and oxygen atoms in total. The number of carbonyl (C=O) groups is 3. The number of hydrogen-bond donors (Lipinski definition) is 1. The molecule has 3 amide bonds. The van der Waals surface area contributed by atoms with E-state index in [2.05, 4.69) is 77.4 Å². The molecule has 8 aromatic carbocycles. The second kappa shape index (κ2) is 41.5. The minimum atomic E-state index is -4.44. The lowest BCUT2D eigenvalue weighted by molar-refractivity contribution is -0.138. The first-order valence-corrected chi connectivity index (χ1v) is 44.2. The largest absolute Gasteiger partial charge is 0.493 e. The molecule has 1 spiro atoms. The second-order valence-corrected chi connectivity index (χ2v) is 35.3. The van der Waals surface area contributed by atoms with E-state index < -0.39 is 23.5 Å². The van der Waals surface area contributed by atoms with Crippen LogP contribution in [0.2, 0.25) is 0 Å². The van der Waals surface area contributed by atoms with Gasteiger partial charge in [0, 0.05) is 95.2 Å². The molecular weight excluding hydrogens is 1700 g/mol. The van der Waals surface area contributed by atoms with Crippen LogP contribution in [0.15, 0.2) is 180 Å². The maximum absolute atomic E-state index is 13.4. The van der Waals surface area contributed by atoms with Crippen molar-refractivity contribution in [3.63, 3.8) is 0 Å². The van der Waals surface area contributed by atoms with Crippen LogP contribution in [0, 0.1) is 0 Å². The van der Waals surface area contributed by atoms with Gasteiger partial charge in [-0.1, -0.05) is 112 Å². The number of thiazole rings is 3. The van der Waals surface area contributed by atoms with Crippen LogP contribution in [0.4, 0.5) is 26.3 Å². The fourth-order valence-electron chi connectivity index (χ4n) is 15.5. The van der Waals surface area contributed by atoms with Gasteiger partial charge in [0.05, 0.1) is 64.8 Å². The summed E-state index contributed by atoms with van der Waals surface area (Å²) in [5, 5.41) is 10.5. The number of ether oxygens (including phenoxy) is 11. The van der Waals surface area contributed by atoms with Crippen molar-refractivity contribution in [2.75, 3.05) is 88.7 Å². The highest BCUT2D eigenvalue weighted by Gasteiger charge is 2.40. The molecule has 3 aromatic heterocycles. The Kier molecular flexibility index (Phi) is 30.0. The molecular formula is C95H101F6N9O14S3. The Morgan fingerprint density at radius 1 is 0.441 bits per heavy atom. The number of benzene rings is 8. The van der Waals surface area contributed by atoms with Crippen molar-refractivity contribution in [3.05, 3.63) is 273 Å². The average Bonchev–Trinajstić information content (AvgIpc) is 1.69. The quantitative estimate of drug-likeness (QED) is 0.0399. The predicted molar refractivity (Wildman–Crippen MR) is 470 cm³/mol. The Morgan fingerprint density at radius 2 is 0.843 bits per heavy atom. The molecule has 5 aliphatic heterocycles. The zero-order valence-corrected chi connectivity index (χ0v) is 74.3. The molecule has 11 aromatic rings. The topological polar surface area (TPSA) is 220 Å². The lowest BCUT2D eigenvalue weighted by Crippen LogP contribution is -2.46. The summed E-state index contributed by atoms with van der Waals surface area (Å²) >= 11 is 4.23. The van der Waals surface area contributed by atoms with Gasteiger partial charge in [-0.2, -0.15) is 26.3 Å². The highest BCUT2D eigenvalue weighted by molar-refractivity contribution is 7.10. The fraction of sp³-hybridized carbons (Fsp3) is 0.368. The standard InChI is InChI=1S/C32H32F3N3O5S.C32H39N3O4S.C31H30F3N3O5S/c1-37(12-11-21-7-9-26(40-2)28(14-21)41-3)31(39)25-19-44-30(36-25)18-38(16-22-5-4-6-24(13-22)32(33,34)35)17-23-8-10-27-29(15-23)43-20-42-27;1-31(2,3)25-8-5-23(6-9-25)18-34(19-24-7-10-27-28(17-24)38-22-37-27)20-29-33-26(21-40-29)30(36)35-14-12-32(13-15-35)11-4-16-39-32;1-39-25-8-6-20(13-27(25)40-2)10-11-35-30(38)24-18-43-29(36-24)17-37(15-21-4-3-5-23(12-21)31(32,33)34)16-22-7-9-26-28(14-22)42-19-41-26/h4-10,13-15,19H,11-12,16-18,20H2,1-3H3;5-10,17,21H,4,11-16,18-20,22H2,1-3H3;3-9,12-14,18H,10-11,15-17,19H2,1-2H3,(H,35,38). The van der Waals surface area contributed by atoms with E-state index in [4.69, 9.17) is 57.1 Å². The zero-order valence-electron chi connectivity index (χ0n) is 71.9. The number of nitrogens with zero attached hydrogens (tertiary/aromatic N) is 8. The van der Waals surface area contributed by atoms with E-state index in [0.717, 1.165) is 127 Å². The summed E-state index contributed by atoms with van der Waals surface area (Å²) in [6.07, 6.45) is -3.58. The van der Waals surface area contributed by atoms with Crippen molar-refractivity contribution in [1.82, 2.24) is 44.8 Å². The highest BCUT2D eigenvalue weighted by Crippen LogP contribution is 2.41. The molecule has 0 aliphatic carbocycles. The Labute approximate surface area is 746 Å². The predicted octanol–water partition coefficient (Wildman–Crippen LogP) is 18.7. The number of nitrogens with one attached hydrogen (secondary N) is 1. The lowest BCUT2D eigenvalue weighted by atomic mass is 9.87. The van der Waals surface area contributed by atoms with Crippen molar-refractivity contribution < 1.29 is 92.8 Å². The Balaban J connectivity index is 0.000000154. The Bertz CT molecular complexity index is 5590. The lowest BCUT2D eigenvalue weighted by Gasteiger charge is -2.38. The van der Waals surface area contributed by atoms with Crippen molar-refractivity contribution in [2.45, 2.75) is 142 Å². The molecule has 16 rings (SSSR count). The molecule has 2 fully saturated rings. The Morgan fingerprint density at radius 3 is 1.28 bits per heavy atom. The third-order valence-corrected chi connectivity index (χ3v) is 24.8. The van der Waals surface area contributed by atoms with E-state index in [1.54, 1.807) is 74.6 Å². The monoisotopic (exact) mass is 1800 g/mol. The molecule has 0 atom stereocenters. The first kappa shape index (κ1) is 91.7. The molecule has 32 heteroatoms. The molecule has 127 heavy (non-hydrogen) atoms. The van der Waals surface area contributed by atoms with Crippen LogP contribution in [-0.4, -0.2) is 151 Å². The second-order valence-electron chi connectivity index (χ2n) is 32.5. The number of fused-ring (bicyclic) bond motifs is 3. The van der Waals surface area contributed by atoms with Crippen molar-refractivity contribution in [2.24, 2.45) is 0 Å². The summed E-state index contributed by atoms with van der Waals surface area (Å²) in [4.78, 5) is 63.1. The first-order valence-electron chi connectivity index (χ1n) is 41.6. The van der Waals surface area contributed by atoms with Crippen LogP contribution < -0.4 is 52.7 Å².